The Morgan fingerprint density at radius 1 is 1.53 bits per heavy atom. The van der Waals surface area contributed by atoms with Gasteiger partial charge in [0.1, 0.15) is 0 Å². The second-order valence-corrected chi connectivity index (χ2v) is 8.43. The van der Waals surface area contributed by atoms with Crippen molar-refractivity contribution in [1.82, 2.24) is 0 Å². The number of allylic oxidation sites excluding steroid dienone is 1. The third-order valence-corrected chi connectivity index (χ3v) is 3.93. The predicted octanol–water partition coefficient (Wildman–Crippen LogP) is 2.86. The first-order valence-corrected chi connectivity index (χ1v) is 8.58. The van der Waals surface area contributed by atoms with Crippen LogP contribution in [0.4, 0.5) is 0 Å². The first-order chi connectivity index (χ1) is 6.64. The third kappa shape index (κ3) is 3.31. The van der Waals surface area contributed by atoms with Gasteiger partial charge in [0, 0.05) is 17.4 Å². The Balaban J connectivity index is 2.79. The largest absolute Gasteiger partial charge is 0.391 e. The van der Waals surface area contributed by atoms with Gasteiger partial charge >= 0.3 is 0 Å². The lowest BCUT2D eigenvalue weighted by Crippen LogP contribution is -2.35. The van der Waals surface area contributed by atoms with Crippen LogP contribution in [0, 0.1) is 11.3 Å². The molecule has 15 heavy (non-hydrogen) atoms. The van der Waals surface area contributed by atoms with Crippen molar-refractivity contribution in [1.29, 1.82) is 0 Å². The standard InChI is InChI=1S/C11H21ClO2Si/c1-10(2,3)8-6-11(13,7-9(8)12)14-15(4)5/h7-8,13,15H,6H2,1-5H3. The quantitative estimate of drug-likeness (QED) is 0.602. The molecule has 0 saturated carbocycles. The molecule has 0 bridgehead atoms. The first kappa shape index (κ1) is 13.2. The van der Waals surface area contributed by atoms with Crippen LogP contribution in [-0.2, 0) is 4.43 Å². The molecular formula is C11H21ClO2Si. The lowest BCUT2D eigenvalue weighted by Gasteiger charge is -2.31. The summed E-state index contributed by atoms with van der Waals surface area (Å²) in [6.07, 6.45) is 2.26. The summed E-state index contributed by atoms with van der Waals surface area (Å²) in [5.74, 6) is -0.924. The van der Waals surface area contributed by atoms with Crippen molar-refractivity contribution in [2.24, 2.45) is 11.3 Å². The molecule has 0 saturated heterocycles. The Labute approximate surface area is 99.0 Å². The van der Waals surface area contributed by atoms with Gasteiger partial charge in [-0.3, -0.25) is 0 Å². The molecule has 0 aromatic carbocycles. The Morgan fingerprint density at radius 2 is 2.07 bits per heavy atom. The minimum atomic E-state index is -1.25. The molecule has 0 aromatic heterocycles. The Hall–Kier alpha value is 0.167. The molecule has 2 nitrogen and oxygen atoms in total. The summed E-state index contributed by atoms with van der Waals surface area (Å²) < 4.78 is 5.63. The SMILES string of the molecule is C[SiH](C)OC1(O)C=C(Cl)C(C(C)(C)C)C1. The highest BCUT2D eigenvalue weighted by atomic mass is 35.5. The van der Waals surface area contributed by atoms with E-state index in [2.05, 4.69) is 20.8 Å². The van der Waals surface area contributed by atoms with Crippen LogP contribution in [0.25, 0.3) is 0 Å². The molecule has 0 spiro atoms. The van der Waals surface area contributed by atoms with Crippen LogP contribution in [0.2, 0.25) is 13.1 Å². The zero-order chi connectivity index (χ0) is 11.9. The van der Waals surface area contributed by atoms with E-state index in [-0.39, 0.29) is 11.3 Å². The summed E-state index contributed by atoms with van der Waals surface area (Å²) in [5, 5.41) is 11.0. The zero-order valence-electron chi connectivity index (χ0n) is 10.2. The van der Waals surface area contributed by atoms with E-state index in [9.17, 15) is 5.11 Å². The summed E-state index contributed by atoms with van der Waals surface area (Å²) in [7, 11) is -1.25. The smallest absolute Gasteiger partial charge is 0.177 e. The van der Waals surface area contributed by atoms with Crippen molar-refractivity contribution in [3.63, 3.8) is 0 Å². The molecular weight excluding hydrogens is 228 g/mol. The van der Waals surface area contributed by atoms with E-state index in [0.29, 0.717) is 6.42 Å². The van der Waals surface area contributed by atoms with E-state index in [1.165, 1.54) is 0 Å². The van der Waals surface area contributed by atoms with Gasteiger partial charge in [0.05, 0.1) is 0 Å². The lowest BCUT2D eigenvalue weighted by molar-refractivity contribution is -0.106. The number of hydrogen-bond donors (Lipinski definition) is 1. The van der Waals surface area contributed by atoms with E-state index in [1.54, 1.807) is 6.08 Å². The topological polar surface area (TPSA) is 29.5 Å². The van der Waals surface area contributed by atoms with Crippen LogP contribution in [-0.4, -0.2) is 19.9 Å². The lowest BCUT2D eigenvalue weighted by atomic mass is 9.80. The maximum atomic E-state index is 10.2. The maximum absolute atomic E-state index is 10.2. The summed E-state index contributed by atoms with van der Waals surface area (Å²) in [5.41, 5.74) is 0.0694. The van der Waals surface area contributed by atoms with E-state index in [0.717, 1.165) is 5.03 Å². The van der Waals surface area contributed by atoms with Crippen molar-refractivity contribution >= 4 is 20.6 Å². The minimum Gasteiger partial charge on any atom is -0.391 e. The summed E-state index contributed by atoms with van der Waals surface area (Å²) in [4.78, 5) is 0. The van der Waals surface area contributed by atoms with Gasteiger partial charge in [-0.15, -0.1) is 0 Å². The molecule has 88 valence electrons. The first-order valence-electron chi connectivity index (χ1n) is 5.42. The predicted molar refractivity (Wildman–Crippen MR) is 66.4 cm³/mol. The van der Waals surface area contributed by atoms with E-state index in [4.69, 9.17) is 16.0 Å². The number of halogens is 1. The highest BCUT2D eigenvalue weighted by Gasteiger charge is 2.43. The molecule has 1 rings (SSSR count). The van der Waals surface area contributed by atoms with Gasteiger partial charge < -0.3 is 9.53 Å². The average Bonchev–Trinajstić information content (AvgIpc) is 2.22. The van der Waals surface area contributed by atoms with Crippen LogP contribution >= 0.6 is 11.6 Å². The Bertz CT molecular complexity index is 270. The van der Waals surface area contributed by atoms with Crippen LogP contribution in [0.15, 0.2) is 11.1 Å². The van der Waals surface area contributed by atoms with Crippen molar-refractivity contribution in [3.05, 3.63) is 11.1 Å². The van der Waals surface area contributed by atoms with Gasteiger partial charge in [0.2, 0.25) is 0 Å². The Morgan fingerprint density at radius 3 is 2.40 bits per heavy atom. The second-order valence-electron chi connectivity index (χ2n) is 5.66. The molecule has 0 aromatic rings. The van der Waals surface area contributed by atoms with Gasteiger partial charge in [-0.1, -0.05) is 32.4 Å². The monoisotopic (exact) mass is 248 g/mol. The maximum Gasteiger partial charge on any atom is 0.177 e. The highest BCUT2D eigenvalue weighted by molar-refractivity contribution is 6.48. The van der Waals surface area contributed by atoms with Crippen molar-refractivity contribution in [2.75, 3.05) is 0 Å². The highest BCUT2D eigenvalue weighted by Crippen LogP contribution is 2.46. The van der Waals surface area contributed by atoms with Crippen molar-refractivity contribution in [3.8, 4) is 0 Å². The van der Waals surface area contributed by atoms with E-state index >= 15 is 0 Å². The van der Waals surface area contributed by atoms with Crippen LogP contribution in [0.3, 0.4) is 0 Å². The fraction of sp³-hybridized carbons (Fsp3) is 0.818. The second kappa shape index (κ2) is 4.21. The Kier molecular flexibility index (Phi) is 3.71. The van der Waals surface area contributed by atoms with Crippen LogP contribution in [0.1, 0.15) is 27.2 Å². The molecule has 0 amide bonds. The van der Waals surface area contributed by atoms with Gasteiger partial charge in [0.15, 0.2) is 14.8 Å². The number of aliphatic hydroxyl groups is 1. The van der Waals surface area contributed by atoms with E-state index in [1.807, 2.05) is 13.1 Å². The van der Waals surface area contributed by atoms with Crippen LogP contribution < -0.4 is 0 Å². The van der Waals surface area contributed by atoms with E-state index < -0.39 is 14.8 Å². The van der Waals surface area contributed by atoms with Gasteiger partial charge in [-0.2, -0.15) is 0 Å². The summed E-state index contributed by atoms with van der Waals surface area (Å²) in [6.45, 7) is 10.5. The molecule has 4 heteroatoms. The summed E-state index contributed by atoms with van der Waals surface area (Å²) >= 11 is 6.17. The van der Waals surface area contributed by atoms with Gasteiger partial charge in [-0.05, 0) is 24.6 Å². The normalized spacial score (nSPS) is 32.3. The molecule has 0 aliphatic heterocycles. The van der Waals surface area contributed by atoms with Crippen molar-refractivity contribution < 1.29 is 9.53 Å². The molecule has 0 radical (unpaired) electrons. The molecule has 0 heterocycles. The van der Waals surface area contributed by atoms with Crippen molar-refractivity contribution in [2.45, 2.75) is 46.1 Å². The fourth-order valence-corrected chi connectivity index (χ4v) is 3.53. The molecule has 2 atom stereocenters. The summed E-state index contributed by atoms with van der Waals surface area (Å²) in [6, 6.07) is 0. The van der Waals surface area contributed by atoms with Gasteiger partial charge in [-0.25, -0.2) is 0 Å². The minimum absolute atomic E-state index is 0.0694. The molecule has 1 aliphatic carbocycles. The molecule has 1 aliphatic rings. The average molecular weight is 249 g/mol. The number of hydrogen-bond acceptors (Lipinski definition) is 2. The third-order valence-electron chi connectivity index (χ3n) is 2.68. The van der Waals surface area contributed by atoms with Crippen LogP contribution in [0.5, 0.6) is 0 Å². The number of rotatable bonds is 2. The fourth-order valence-electron chi connectivity index (χ4n) is 1.98. The molecule has 0 fully saturated rings. The zero-order valence-corrected chi connectivity index (χ0v) is 12.1. The molecule has 1 N–H and O–H groups in total. The molecule has 2 unspecified atom stereocenters. The van der Waals surface area contributed by atoms with Gasteiger partial charge in [0.25, 0.3) is 0 Å².